The van der Waals surface area contributed by atoms with Crippen LogP contribution in [0.5, 0.6) is 5.75 Å². The Morgan fingerprint density at radius 1 is 1.08 bits per heavy atom. The van der Waals surface area contributed by atoms with Crippen LogP contribution in [0.15, 0.2) is 42.5 Å². The second kappa shape index (κ2) is 11.1. The minimum atomic E-state index is -0.535. The lowest BCUT2D eigenvalue weighted by molar-refractivity contribution is -0.142. The largest absolute Gasteiger partial charge is 0.487 e. The van der Waals surface area contributed by atoms with E-state index in [-0.39, 0.29) is 49.1 Å². The number of carbonyl (C=O) groups excluding carboxylic acids is 2. The molecule has 8 nitrogen and oxygen atoms in total. The summed E-state index contributed by atoms with van der Waals surface area (Å²) in [6.45, 7) is 0.203. The number of ether oxygens (including phenoxy) is 2. The van der Waals surface area contributed by atoms with Crippen molar-refractivity contribution in [1.82, 2.24) is 10.6 Å². The van der Waals surface area contributed by atoms with Gasteiger partial charge in [0.05, 0.1) is 19.1 Å². The molecule has 2 aromatic rings. The third kappa shape index (κ3) is 5.77. The van der Waals surface area contributed by atoms with Gasteiger partial charge in [-0.2, -0.15) is 0 Å². The number of amides is 3. The second-order valence-electron chi connectivity index (χ2n) is 9.84. The lowest BCUT2D eigenvalue weighted by Gasteiger charge is -2.37. The van der Waals surface area contributed by atoms with E-state index in [1.807, 2.05) is 30.3 Å². The first-order valence-electron chi connectivity index (χ1n) is 12.6. The third-order valence-electron chi connectivity index (χ3n) is 7.26. The van der Waals surface area contributed by atoms with Gasteiger partial charge in [-0.1, -0.05) is 36.6 Å². The van der Waals surface area contributed by atoms with Crippen LogP contribution in [0, 0.1) is 0 Å². The van der Waals surface area contributed by atoms with Crippen LogP contribution in [-0.2, 0) is 16.1 Å². The van der Waals surface area contributed by atoms with Gasteiger partial charge in [0, 0.05) is 34.8 Å². The van der Waals surface area contributed by atoms with E-state index < -0.39 is 6.10 Å². The first-order valence-corrected chi connectivity index (χ1v) is 13.0. The number of urea groups is 1. The standard InChI is InChI=1S/C27H32ClN3O5/c28-17-7-5-16(6-8-17)14-29-25(33)13-20-12-22-21-11-19(31-27(34)30-18-3-1-2-4-18)9-10-23(21)36-26(22)24(15-32)35-20/h5-11,18,20,22,24,26,32H,1-4,12-15H2,(H,29,33)(H2,30,31,34)/t20-,22-,24-,26+/m1/s1. The number of hydrogen-bond acceptors (Lipinski definition) is 5. The fraction of sp³-hybridized carbons (Fsp3) is 0.481. The summed E-state index contributed by atoms with van der Waals surface area (Å²) in [6, 6.07) is 13.0. The van der Waals surface area contributed by atoms with Gasteiger partial charge in [-0.25, -0.2) is 4.79 Å². The van der Waals surface area contributed by atoms with Crippen molar-refractivity contribution in [2.75, 3.05) is 11.9 Å². The van der Waals surface area contributed by atoms with E-state index in [0.29, 0.717) is 23.7 Å². The Kier molecular flexibility index (Phi) is 7.65. The van der Waals surface area contributed by atoms with Crippen LogP contribution in [-0.4, -0.2) is 48.0 Å². The summed E-state index contributed by atoms with van der Waals surface area (Å²) in [7, 11) is 0. The molecule has 36 heavy (non-hydrogen) atoms. The molecule has 4 N–H and O–H groups in total. The highest BCUT2D eigenvalue weighted by atomic mass is 35.5. The highest BCUT2D eigenvalue weighted by molar-refractivity contribution is 6.30. The highest BCUT2D eigenvalue weighted by Crippen LogP contribution is 2.47. The van der Waals surface area contributed by atoms with E-state index in [0.717, 1.165) is 42.6 Å². The number of aliphatic hydroxyl groups excluding tert-OH is 1. The molecule has 2 heterocycles. The predicted molar refractivity (Wildman–Crippen MR) is 136 cm³/mol. The van der Waals surface area contributed by atoms with Gasteiger partial charge in [0.2, 0.25) is 5.91 Å². The van der Waals surface area contributed by atoms with Crippen molar-refractivity contribution in [3.8, 4) is 5.75 Å². The fourth-order valence-corrected chi connectivity index (χ4v) is 5.60. The maximum absolute atomic E-state index is 12.6. The second-order valence-corrected chi connectivity index (χ2v) is 10.3. The Morgan fingerprint density at radius 2 is 1.86 bits per heavy atom. The maximum atomic E-state index is 12.6. The number of fused-ring (bicyclic) bond motifs is 3. The first-order chi connectivity index (χ1) is 17.5. The third-order valence-corrected chi connectivity index (χ3v) is 7.52. The fourth-order valence-electron chi connectivity index (χ4n) is 5.47. The Labute approximate surface area is 215 Å². The Bertz CT molecular complexity index is 1090. The van der Waals surface area contributed by atoms with Crippen molar-refractivity contribution in [1.29, 1.82) is 0 Å². The summed E-state index contributed by atoms with van der Waals surface area (Å²) < 4.78 is 12.2. The number of rotatable bonds is 7. The molecule has 3 aliphatic rings. The van der Waals surface area contributed by atoms with Gasteiger partial charge in [-0.05, 0) is 55.2 Å². The Morgan fingerprint density at radius 3 is 2.61 bits per heavy atom. The quantitative estimate of drug-likeness (QED) is 0.445. The molecule has 192 valence electrons. The minimum absolute atomic E-state index is 0.0420. The van der Waals surface area contributed by atoms with Crippen LogP contribution in [0.25, 0.3) is 0 Å². The average Bonchev–Trinajstić information content (AvgIpc) is 3.51. The van der Waals surface area contributed by atoms with Crippen molar-refractivity contribution in [2.24, 2.45) is 0 Å². The van der Waals surface area contributed by atoms with E-state index in [1.54, 1.807) is 12.1 Å². The van der Waals surface area contributed by atoms with Crippen LogP contribution in [0.3, 0.4) is 0 Å². The molecule has 4 atom stereocenters. The van der Waals surface area contributed by atoms with E-state index >= 15 is 0 Å². The molecular formula is C27H32ClN3O5. The molecule has 0 bridgehead atoms. The number of benzene rings is 2. The molecule has 1 aliphatic carbocycles. The van der Waals surface area contributed by atoms with Gasteiger partial charge in [0.1, 0.15) is 18.0 Å². The molecule has 2 fully saturated rings. The number of carbonyl (C=O) groups is 2. The molecule has 5 rings (SSSR count). The average molecular weight is 514 g/mol. The lowest BCUT2D eigenvalue weighted by Crippen LogP contribution is -2.47. The smallest absolute Gasteiger partial charge is 0.319 e. The summed E-state index contributed by atoms with van der Waals surface area (Å²) in [5, 5.41) is 19.5. The molecule has 1 saturated heterocycles. The Hall–Kier alpha value is -2.81. The van der Waals surface area contributed by atoms with Crippen LogP contribution >= 0.6 is 11.6 Å². The summed E-state index contributed by atoms with van der Waals surface area (Å²) in [6.07, 6.45) is 3.89. The number of anilines is 1. The predicted octanol–water partition coefficient (Wildman–Crippen LogP) is 4.11. The van der Waals surface area contributed by atoms with Gasteiger partial charge in [-0.3, -0.25) is 4.79 Å². The molecular weight excluding hydrogens is 482 g/mol. The van der Waals surface area contributed by atoms with Crippen LogP contribution in [0.2, 0.25) is 5.02 Å². The van der Waals surface area contributed by atoms with Gasteiger partial charge < -0.3 is 30.5 Å². The van der Waals surface area contributed by atoms with Crippen molar-refractivity contribution in [2.45, 2.75) is 75.3 Å². The number of nitrogens with one attached hydrogen (secondary N) is 3. The number of hydrogen-bond donors (Lipinski definition) is 4. The summed E-state index contributed by atoms with van der Waals surface area (Å²) in [5.74, 6) is 0.560. The van der Waals surface area contributed by atoms with Gasteiger partial charge in [-0.15, -0.1) is 0 Å². The van der Waals surface area contributed by atoms with Crippen molar-refractivity contribution in [3.63, 3.8) is 0 Å². The monoisotopic (exact) mass is 513 g/mol. The van der Waals surface area contributed by atoms with Gasteiger partial charge in [0.15, 0.2) is 0 Å². The Balaban J connectivity index is 1.21. The molecule has 3 amide bonds. The lowest BCUT2D eigenvalue weighted by atomic mass is 9.84. The summed E-state index contributed by atoms with van der Waals surface area (Å²) in [4.78, 5) is 25.1. The van der Waals surface area contributed by atoms with Gasteiger partial charge >= 0.3 is 6.03 Å². The van der Waals surface area contributed by atoms with Crippen LogP contribution in [0.1, 0.15) is 55.6 Å². The van der Waals surface area contributed by atoms with E-state index in [2.05, 4.69) is 16.0 Å². The van der Waals surface area contributed by atoms with Gasteiger partial charge in [0.25, 0.3) is 0 Å². The SMILES string of the molecule is O=C(C[C@H]1C[C@@H]2c3cc(NC(=O)NC4CCCC4)ccc3O[C@@H]2[C@@H](CO)O1)NCc1ccc(Cl)cc1. The zero-order valence-corrected chi connectivity index (χ0v) is 20.8. The van der Waals surface area contributed by atoms with E-state index in [1.165, 1.54) is 0 Å². The summed E-state index contributed by atoms with van der Waals surface area (Å²) >= 11 is 5.92. The molecule has 0 spiro atoms. The zero-order chi connectivity index (χ0) is 25.1. The molecule has 2 aromatic carbocycles. The molecule has 0 radical (unpaired) electrons. The summed E-state index contributed by atoms with van der Waals surface area (Å²) in [5.41, 5.74) is 2.62. The molecule has 9 heteroatoms. The van der Waals surface area contributed by atoms with Crippen LogP contribution in [0.4, 0.5) is 10.5 Å². The highest BCUT2D eigenvalue weighted by Gasteiger charge is 2.46. The van der Waals surface area contributed by atoms with Crippen molar-refractivity contribution in [3.05, 3.63) is 58.6 Å². The van der Waals surface area contributed by atoms with Crippen molar-refractivity contribution >= 4 is 29.2 Å². The van der Waals surface area contributed by atoms with E-state index in [9.17, 15) is 14.7 Å². The first kappa shape index (κ1) is 24.9. The number of halogens is 1. The number of aliphatic hydroxyl groups is 1. The zero-order valence-electron chi connectivity index (χ0n) is 20.0. The maximum Gasteiger partial charge on any atom is 0.319 e. The topological polar surface area (TPSA) is 109 Å². The van der Waals surface area contributed by atoms with E-state index in [4.69, 9.17) is 21.1 Å². The molecule has 1 saturated carbocycles. The van der Waals surface area contributed by atoms with Crippen LogP contribution < -0.4 is 20.7 Å². The molecule has 0 unspecified atom stereocenters. The molecule has 2 aliphatic heterocycles. The molecule has 0 aromatic heterocycles. The van der Waals surface area contributed by atoms with Crippen molar-refractivity contribution < 1.29 is 24.2 Å². The minimum Gasteiger partial charge on any atom is -0.487 e. The normalized spacial score (nSPS) is 24.9.